The monoisotopic (exact) mass is 220 g/mol. The molecule has 0 saturated carbocycles. The summed E-state index contributed by atoms with van der Waals surface area (Å²) < 4.78 is 0. The van der Waals surface area contributed by atoms with Crippen LogP contribution in [-0.4, -0.2) is 16.5 Å². The molecule has 0 saturated heterocycles. The number of nitro groups is 1. The highest BCUT2D eigenvalue weighted by Gasteiger charge is 2.22. The second-order valence-corrected chi connectivity index (χ2v) is 3.29. The maximum atomic E-state index is 10.8. The van der Waals surface area contributed by atoms with Gasteiger partial charge in [-0.25, -0.2) is 4.98 Å². The zero-order chi connectivity index (χ0) is 12.3. The van der Waals surface area contributed by atoms with Crippen LogP contribution in [0.2, 0.25) is 0 Å². The van der Waals surface area contributed by atoms with Gasteiger partial charge in [-0.05, 0) is 20.8 Å². The van der Waals surface area contributed by atoms with Crippen molar-refractivity contribution in [2.45, 2.75) is 20.8 Å². The van der Waals surface area contributed by atoms with Crippen molar-refractivity contribution in [3.63, 3.8) is 0 Å². The molecule has 0 aliphatic rings. The molecule has 0 spiro atoms. The molecule has 1 rings (SSSR count). The minimum Gasteiger partial charge on any atom is -0.369 e. The Balaban J connectivity index is 3.51. The van der Waals surface area contributed by atoms with Crippen molar-refractivity contribution >= 4 is 11.5 Å². The zero-order valence-corrected chi connectivity index (χ0v) is 9.37. The lowest BCUT2D eigenvalue weighted by Gasteiger charge is -2.09. The largest absolute Gasteiger partial charge is 0.369 e. The van der Waals surface area contributed by atoms with Gasteiger partial charge < -0.3 is 5.32 Å². The average Bonchev–Trinajstić information content (AvgIpc) is 2.17. The van der Waals surface area contributed by atoms with Gasteiger partial charge in [-0.15, -0.1) is 0 Å². The molecular weight excluding hydrogens is 208 g/mol. The van der Waals surface area contributed by atoms with Gasteiger partial charge in [0.25, 0.3) is 5.69 Å². The standard InChI is InChI=1S/C10H12N4O2/c1-4-12-10-8(5-11)6(2)9(14(15)16)7(3)13-10/h4H2,1-3H3,(H,12,13). The summed E-state index contributed by atoms with van der Waals surface area (Å²) in [4.78, 5) is 14.4. The topological polar surface area (TPSA) is 91.8 Å². The number of hydrogen-bond donors (Lipinski definition) is 1. The van der Waals surface area contributed by atoms with Gasteiger partial charge in [0.2, 0.25) is 0 Å². The quantitative estimate of drug-likeness (QED) is 0.620. The van der Waals surface area contributed by atoms with Gasteiger partial charge in [0.15, 0.2) is 0 Å². The number of pyridine rings is 1. The fraction of sp³-hybridized carbons (Fsp3) is 0.400. The van der Waals surface area contributed by atoms with Gasteiger partial charge in [-0.1, -0.05) is 0 Å². The van der Waals surface area contributed by atoms with Gasteiger partial charge in [0.05, 0.1) is 10.5 Å². The molecule has 0 aliphatic carbocycles. The summed E-state index contributed by atoms with van der Waals surface area (Å²) in [7, 11) is 0. The van der Waals surface area contributed by atoms with Crippen molar-refractivity contribution in [3.8, 4) is 6.07 Å². The van der Waals surface area contributed by atoms with Crippen LogP contribution in [-0.2, 0) is 0 Å². The Kier molecular flexibility index (Phi) is 3.40. The minimum atomic E-state index is -0.506. The molecule has 0 amide bonds. The summed E-state index contributed by atoms with van der Waals surface area (Å²) >= 11 is 0. The fourth-order valence-corrected chi connectivity index (χ4v) is 1.55. The van der Waals surface area contributed by atoms with Gasteiger partial charge in [-0.3, -0.25) is 10.1 Å². The molecule has 0 atom stereocenters. The van der Waals surface area contributed by atoms with Crippen molar-refractivity contribution in [1.82, 2.24) is 4.98 Å². The summed E-state index contributed by atoms with van der Waals surface area (Å²) in [6.07, 6.45) is 0. The first-order valence-corrected chi connectivity index (χ1v) is 4.82. The zero-order valence-electron chi connectivity index (χ0n) is 9.37. The minimum absolute atomic E-state index is 0.0850. The van der Waals surface area contributed by atoms with Gasteiger partial charge in [-0.2, -0.15) is 5.26 Å². The molecule has 0 radical (unpaired) electrons. The number of nitriles is 1. The van der Waals surface area contributed by atoms with Crippen LogP contribution < -0.4 is 5.32 Å². The van der Waals surface area contributed by atoms with Crippen LogP contribution >= 0.6 is 0 Å². The van der Waals surface area contributed by atoms with Gasteiger partial charge in [0.1, 0.15) is 23.1 Å². The third-order valence-electron chi connectivity index (χ3n) is 2.23. The lowest BCUT2D eigenvalue weighted by Crippen LogP contribution is -2.07. The molecule has 0 unspecified atom stereocenters. The smallest absolute Gasteiger partial charge is 0.294 e. The Morgan fingerprint density at radius 1 is 1.56 bits per heavy atom. The number of hydrogen-bond acceptors (Lipinski definition) is 5. The average molecular weight is 220 g/mol. The van der Waals surface area contributed by atoms with Crippen LogP contribution in [0.5, 0.6) is 0 Å². The third-order valence-corrected chi connectivity index (χ3v) is 2.23. The van der Waals surface area contributed by atoms with Crippen molar-refractivity contribution in [2.24, 2.45) is 0 Å². The number of rotatable bonds is 3. The van der Waals surface area contributed by atoms with Crippen LogP contribution in [0, 0.1) is 35.3 Å². The second kappa shape index (κ2) is 4.57. The number of aryl methyl sites for hydroxylation is 1. The first-order valence-electron chi connectivity index (χ1n) is 4.82. The Bertz CT molecular complexity index is 477. The fourth-order valence-electron chi connectivity index (χ4n) is 1.55. The Morgan fingerprint density at radius 3 is 2.62 bits per heavy atom. The number of nitrogens with zero attached hydrogens (tertiary/aromatic N) is 3. The van der Waals surface area contributed by atoms with E-state index in [0.29, 0.717) is 23.6 Å². The summed E-state index contributed by atoms with van der Waals surface area (Å²) in [6, 6.07) is 1.94. The highest BCUT2D eigenvalue weighted by atomic mass is 16.6. The molecule has 1 N–H and O–H groups in total. The maximum absolute atomic E-state index is 10.8. The van der Waals surface area contributed by atoms with E-state index in [1.54, 1.807) is 13.8 Å². The molecule has 0 aromatic carbocycles. The molecule has 6 nitrogen and oxygen atoms in total. The van der Waals surface area contributed by atoms with Crippen LogP contribution in [0.3, 0.4) is 0 Å². The maximum Gasteiger partial charge on any atom is 0.294 e. The van der Waals surface area contributed by atoms with Crippen LogP contribution in [0.1, 0.15) is 23.7 Å². The Morgan fingerprint density at radius 2 is 2.19 bits per heavy atom. The van der Waals surface area contributed by atoms with E-state index in [4.69, 9.17) is 5.26 Å². The molecule has 0 aliphatic heterocycles. The molecule has 6 heteroatoms. The first kappa shape index (κ1) is 11.9. The molecule has 16 heavy (non-hydrogen) atoms. The summed E-state index contributed by atoms with van der Waals surface area (Å²) in [5, 5.41) is 22.7. The summed E-state index contributed by atoms with van der Waals surface area (Å²) in [6.45, 7) is 5.60. The van der Waals surface area contributed by atoms with Crippen molar-refractivity contribution in [2.75, 3.05) is 11.9 Å². The van der Waals surface area contributed by atoms with E-state index in [1.807, 2.05) is 13.0 Å². The van der Waals surface area contributed by atoms with E-state index in [9.17, 15) is 10.1 Å². The van der Waals surface area contributed by atoms with Crippen LogP contribution in [0.25, 0.3) is 0 Å². The number of nitrogens with one attached hydrogen (secondary N) is 1. The molecule has 0 bridgehead atoms. The Labute approximate surface area is 93.1 Å². The SMILES string of the molecule is CCNc1nc(C)c([N+](=O)[O-])c(C)c1C#N. The van der Waals surface area contributed by atoms with Crippen molar-refractivity contribution in [1.29, 1.82) is 5.26 Å². The lowest BCUT2D eigenvalue weighted by atomic mass is 10.1. The molecule has 1 aromatic rings. The first-order chi connectivity index (χ1) is 7.52. The van der Waals surface area contributed by atoms with Crippen molar-refractivity contribution in [3.05, 3.63) is 26.9 Å². The van der Waals surface area contributed by atoms with E-state index in [1.165, 1.54) is 0 Å². The highest BCUT2D eigenvalue weighted by Crippen LogP contribution is 2.28. The predicted molar refractivity (Wildman–Crippen MR) is 59.2 cm³/mol. The Hall–Kier alpha value is -2.16. The van der Waals surface area contributed by atoms with E-state index in [0.717, 1.165) is 0 Å². The second-order valence-electron chi connectivity index (χ2n) is 3.29. The van der Waals surface area contributed by atoms with E-state index in [2.05, 4.69) is 10.3 Å². The van der Waals surface area contributed by atoms with Crippen molar-refractivity contribution < 1.29 is 4.92 Å². The normalized spacial score (nSPS) is 9.62. The van der Waals surface area contributed by atoms with Gasteiger partial charge in [0, 0.05) is 6.54 Å². The highest BCUT2D eigenvalue weighted by molar-refractivity contribution is 5.63. The molecule has 1 heterocycles. The summed E-state index contributed by atoms with van der Waals surface area (Å²) in [5.41, 5.74) is 0.825. The summed E-state index contributed by atoms with van der Waals surface area (Å²) in [5.74, 6) is 0.408. The van der Waals surface area contributed by atoms with Crippen LogP contribution in [0.15, 0.2) is 0 Å². The predicted octanol–water partition coefficient (Wildman–Crippen LogP) is 1.91. The van der Waals surface area contributed by atoms with E-state index in [-0.39, 0.29) is 11.3 Å². The number of aromatic nitrogens is 1. The molecule has 84 valence electrons. The molecular formula is C10H12N4O2. The third kappa shape index (κ3) is 1.93. The van der Waals surface area contributed by atoms with Crippen LogP contribution in [0.4, 0.5) is 11.5 Å². The molecule has 1 aromatic heterocycles. The lowest BCUT2D eigenvalue weighted by molar-refractivity contribution is -0.386. The number of anilines is 1. The van der Waals surface area contributed by atoms with E-state index < -0.39 is 4.92 Å². The van der Waals surface area contributed by atoms with Gasteiger partial charge >= 0.3 is 0 Å². The molecule has 0 fully saturated rings. The van der Waals surface area contributed by atoms with E-state index >= 15 is 0 Å².